The highest BCUT2D eigenvalue weighted by atomic mass is 16.5. The van der Waals surface area contributed by atoms with Crippen LogP contribution in [-0.4, -0.2) is 44.5 Å². The molecule has 0 aliphatic carbocycles. The molecule has 0 radical (unpaired) electrons. The summed E-state index contributed by atoms with van der Waals surface area (Å²) >= 11 is 0. The van der Waals surface area contributed by atoms with Crippen LogP contribution in [0, 0.1) is 0 Å². The van der Waals surface area contributed by atoms with Crippen molar-refractivity contribution < 1.29 is 14.3 Å². The van der Waals surface area contributed by atoms with Gasteiger partial charge in [0, 0.05) is 19.5 Å². The molecule has 0 N–H and O–H groups in total. The van der Waals surface area contributed by atoms with Gasteiger partial charge in [-0.15, -0.1) is 0 Å². The van der Waals surface area contributed by atoms with E-state index in [0.29, 0.717) is 30.3 Å². The summed E-state index contributed by atoms with van der Waals surface area (Å²) in [5.41, 5.74) is 1.01. The van der Waals surface area contributed by atoms with Crippen LogP contribution in [0.5, 0.6) is 11.5 Å². The number of methoxy groups -OCH3 is 1. The number of ketones is 1. The highest BCUT2D eigenvalue weighted by Gasteiger charge is 2.27. The zero-order valence-corrected chi connectivity index (χ0v) is 11.8. The first-order chi connectivity index (χ1) is 9.15. The van der Waals surface area contributed by atoms with Crippen LogP contribution in [0.2, 0.25) is 0 Å². The van der Waals surface area contributed by atoms with Crippen molar-refractivity contribution in [2.45, 2.75) is 19.3 Å². The number of hydrogen-bond acceptors (Lipinski definition) is 4. The molecule has 4 heteroatoms. The first-order valence-electron chi connectivity index (χ1n) is 6.67. The summed E-state index contributed by atoms with van der Waals surface area (Å²) in [5.74, 6) is 1.68. The summed E-state index contributed by atoms with van der Waals surface area (Å²) in [6.45, 7) is 4.14. The van der Waals surface area contributed by atoms with E-state index in [2.05, 4.69) is 4.90 Å². The van der Waals surface area contributed by atoms with Gasteiger partial charge in [0.1, 0.15) is 5.78 Å². The van der Waals surface area contributed by atoms with Crippen LogP contribution in [0.3, 0.4) is 0 Å². The lowest BCUT2D eigenvalue weighted by atomic mass is 9.89. The molecular weight excluding hydrogens is 242 g/mol. The number of carbonyl (C=O) groups is 1. The van der Waals surface area contributed by atoms with Gasteiger partial charge in [0.15, 0.2) is 11.5 Å². The molecule has 1 atom stereocenters. The molecule has 4 nitrogen and oxygen atoms in total. The highest BCUT2D eigenvalue weighted by Crippen LogP contribution is 2.32. The van der Waals surface area contributed by atoms with Crippen LogP contribution >= 0.6 is 0 Å². The number of hydrogen-bond donors (Lipinski definition) is 0. The maximum Gasteiger partial charge on any atom is 0.161 e. The van der Waals surface area contributed by atoms with Crippen LogP contribution < -0.4 is 9.47 Å². The molecule has 1 saturated heterocycles. The topological polar surface area (TPSA) is 38.8 Å². The number of rotatable bonds is 4. The predicted molar refractivity (Wildman–Crippen MR) is 74.0 cm³/mol. The monoisotopic (exact) mass is 263 g/mol. The molecule has 0 spiro atoms. The lowest BCUT2D eigenvalue weighted by Crippen LogP contribution is -2.36. The van der Waals surface area contributed by atoms with E-state index in [1.54, 1.807) is 7.11 Å². The standard InChI is InChI=1S/C15H21NO3/c1-4-19-15-9-11(5-6-14(15)18-3)12-10-16(2)8-7-13(12)17/h5-6,9,12H,4,7-8,10H2,1-3H3/t12-/m0/s1. The Morgan fingerprint density at radius 1 is 1.37 bits per heavy atom. The van der Waals surface area contributed by atoms with Gasteiger partial charge in [-0.1, -0.05) is 6.07 Å². The van der Waals surface area contributed by atoms with Crippen LogP contribution in [0.25, 0.3) is 0 Å². The third-order valence-electron chi connectivity index (χ3n) is 3.51. The van der Waals surface area contributed by atoms with Gasteiger partial charge in [-0.2, -0.15) is 0 Å². The number of Topliss-reactive ketones (excluding diaryl/α,β-unsaturated/α-hetero) is 1. The van der Waals surface area contributed by atoms with Gasteiger partial charge < -0.3 is 14.4 Å². The van der Waals surface area contributed by atoms with Crippen molar-refractivity contribution in [1.29, 1.82) is 0 Å². The van der Waals surface area contributed by atoms with Crippen LogP contribution in [-0.2, 0) is 4.79 Å². The lowest BCUT2D eigenvalue weighted by molar-refractivity contribution is -0.123. The fourth-order valence-corrected chi connectivity index (χ4v) is 2.45. The second-order valence-corrected chi connectivity index (χ2v) is 4.87. The number of carbonyl (C=O) groups excluding carboxylic acids is 1. The highest BCUT2D eigenvalue weighted by molar-refractivity contribution is 5.87. The van der Waals surface area contributed by atoms with Crippen LogP contribution in [0.1, 0.15) is 24.8 Å². The van der Waals surface area contributed by atoms with Crippen molar-refractivity contribution >= 4 is 5.78 Å². The summed E-state index contributed by atoms with van der Waals surface area (Å²) in [6.07, 6.45) is 0.622. The number of piperidine rings is 1. The molecule has 1 fully saturated rings. The van der Waals surface area contributed by atoms with E-state index in [1.165, 1.54) is 0 Å². The van der Waals surface area contributed by atoms with Gasteiger partial charge in [0.25, 0.3) is 0 Å². The zero-order valence-electron chi connectivity index (χ0n) is 11.8. The molecule has 0 saturated carbocycles. The summed E-state index contributed by atoms with van der Waals surface area (Å²) in [5, 5.41) is 0. The lowest BCUT2D eigenvalue weighted by Gasteiger charge is -2.29. The van der Waals surface area contributed by atoms with E-state index in [1.807, 2.05) is 32.2 Å². The molecule has 1 aromatic carbocycles. The fourth-order valence-electron chi connectivity index (χ4n) is 2.45. The molecular formula is C15H21NO3. The van der Waals surface area contributed by atoms with Crippen molar-refractivity contribution in [2.75, 3.05) is 33.9 Å². The summed E-state index contributed by atoms with van der Waals surface area (Å²) in [7, 11) is 3.67. The van der Waals surface area contributed by atoms with Gasteiger partial charge >= 0.3 is 0 Å². The zero-order chi connectivity index (χ0) is 13.8. The molecule has 2 rings (SSSR count). The number of likely N-dealkylation sites (N-methyl/N-ethyl adjacent to an activating group) is 1. The van der Waals surface area contributed by atoms with E-state index < -0.39 is 0 Å². The third kappa shape index (κ3) is 3.07. The molecule has 1 aliphatic heterocycles. The largest absolute Gasteiger partial charge is 0.493 e. The van der Waals surface area contributed by atoms with E-state index in [-0.39, 0.29) is 5.92 Å². The Morgan fingerprint density at radius 2 is 2.16 bits per heavy atom. The normalized spacial score (nSPS) is 20.4. The maximum atomic E-state index is 12.1. The molecule has 19 heavy (non-hydrogen) atoms. The summed E-state index contributed by atoms with van der Waals surface area (Å²) < 4.78 is 10.8. The minimum absolute atomic E-state index is 0.0520. The number of nitrogens with zero attached hydrogens (tertiary/aromatic N) is 1. The Bertz CT molecular complexity index is 459. The molecule has 0 bridgehead atoms. The average Bonchev–Trinajstić information content (AvgIpc) is 2.42. The maximum absolute atomic E-state index is 12.1. The molecule has 1 aromatic rings. The Morgan fingerprint density at radius 3 is 2.84 bits per heavy atom. The Hall–Kier alpha value is -1.55. The van der Waals surface area contributed by atoms with Gasteiger partial charge in [-0.3, -0.25) is 4.79 Å². The second-order valence-electron chi connectivity index (χ2n) is 4.87. The first-order valence-corrected chi connectivity index (χ1v) is 6.67. The smallest absolute Gasteiger partial charge is 0.161 e. The molecule has 0 amide bonds. The Kier molecular flexibility index (Phi) is 4.43. The predicted octanol–water partition coefficient (Wildman–Crippen LogP) is 2.08. The van der Waals surface area contributed by atoms with Crippen LogP contribution in [0.4, 0.5) is 0 Å². The minimum atomic E-state index is -0.0520. The Labute approximate surface area is 114 Å². The molecule has 1 aliphatic rings. The van der Waals surface area contributed by atoms with E-state index in [9.17, 15) is 4.79 Å². The Balaban J connectivity index is 2.28. The minimum Gasteiger partial charge on any atom is -0.493 e. The van der Waals surface area contributed by atoms with Crippen molar-refractivity contribution in [3.63, 3.8) is 0 Å². The summed E-state index contributed by atoms with van der Waals surface area (Å²) in [4.78, 5) is 14.3. The van der Waals surface area contributed by atoms with Crippen molar-refractivity contribution in [1.82, 2.24) is 4.90 Å². The molecule has 0 aromatic heterocycles. The second kappa shape index (κ2) is 6.06. The molecule has 1 heterocycles. The van der Waals surface area contributed by atoms with Crippen LogP contribution in [0.15, 0.2) is 18.2 Å². The first kappa shape index (κ1) is 13.9. The molecule has 104 valence electrons. The van der Waals surface area contributed by atoms with Gasteiger partial charge in [-0.25, -0.2) is 0 Å². The number of benzene rings is 1. The third-order valence-corrected chi connectivity index (χ3v) is 3.51. The SMILES string of the molecule is CCOc1cc([C@@H]2CN(C)CCC2=O)ccc1OC. The number of likely N-dealkylation sites (tertiary alicyclic amines) is 1. The van der Waals surface area contributed by atoms with Gasteiger partial charge in [-0.05, 0) is 31.7 Å². The van der Waals surface area contributed by atoms with Gasteiger partial charge in [0.2, 0.25) is 0 Å². The van der Waals surface area contributed by atoms with Crippen molar-refractivity contribution in [3.05, 3.63) is 23.8 Å². The van der Waals surface area contributed by atoms with E-state index in [0.717, 1.165) is 18.7 Å². The summed E-state index contributed by atoms with van der Waals surface area (Å²) in [6, 6.07) is 5.77. The van der Waals surface area contributed by atoms with E-state index in [4.69, 9.17) is 9.47 Å². The van der Waals surface area contributed by atoms with Crippen molar-refractivity contribution in [3.8, 4) is 11.5 Å². The van der Waals surface area contributed by atoms with E-state index >= 15 is 0 Å². The average molecular weight is 263 g/mol. The quantitative estimate of drug-likeness (QED) is 0.833. The number of ether oxygens (including phenoxy) is 2. The fraction of sp³-hybridized carbons (Fsp3) is 0.533. The molecule has 0 unspecified atom stereocenters. The van der Waals surface area contributed by atoms with Crippen molar-refractivity contribution in [2.24, 2.45) is 0 Å². The van der Waals surface area contributed by atoms with Gasteiger partial charge in [0.05, 0.1) is 19.6 Å².